The number of nitrogens with one attached hydrogen (secondary N) is 2. The molecule has 0 saturated heterocycles. The Kier molecular flexibility index (Phi) is 6.70. The first-order chi connectivity index (χ1) is 13.7. The number of benzene rings is 2. The molecule has 7 heteroatoms. The van der Waals surface area contributed by atoms with E-state index in [1.807, 2.05) is 39.0 Å². The molecule has 2 aromatic rings. The summed E-state index contributed by atoms with van der Waals surface area (Å²) < 4.78 is 0. The molecule has 29 heavy (non-hydrogen) atoms. The summed E-state index contributed by atoms with van der Waals surface area (Å²) in [5.41, 5.74) is 3.16. The van der Waals surface area contributed by atoms with Gasteiger partial charge in [0, 0.05) is 29.9 Å². The first-order valence-corrected chi connectivity index (χ1v) is 10.4. The minimum atomic E-state index is -0.222. The summed E-state index contributed by atoms with van der Waals surface area (Å²) in [4.78, 5) is 26.7. The van der Waals surface area contributed by atoms with Gasteiger partial charge in [-0.2, -0.15) is 0 Å². The molecule has 0 unspecified atom stereocenters. The van der Waals surface area contributed by atoms with Crippen LogP contribution in [-0.4, -0.2) is 22.9 Å². The maximum Gasteiger partial charge on any atom is 0.322 e. The van der Waals surface area contributed by atoms with Crippen LogP contribution in [0, 0.1) is 12.8 Å². The quantitative estimate of drug-likeness (QED) is 0.578. The van der Waals surface area contributed by atoms with E-state index in [0.717, 1.165) is 24.0 Å². The largest absolute Gasteiger partial charge is 0.326 e. The van der Waals surface area contributed by atoms with Gasteiger partial charge in [0.05, 0.1) is 10.0 Å². The molecular formula is C22H25Cl2N3O2. The van der Waals surface area contributed by atoms with Crippen LogP contribution in [0.4, 0.5) is 16.2 Å². The fourth-order valence-corrected chi connectivity index (χ4v) is 3.26. The van der Waals surface area contributed by atoms with Crippen LogP contribution in [0.1, 0.15) is 37.8 Å². The van der Waals surface area contributed by atoms with E-state index < -0.39 is 0 Å². The molecule has 0 aliphatic heterocycles. The summed E-state index contributed by atoms with van der Waals surface area (Å²) in [6.45, 7) is 6.23. The summed E-state index contributed by atoms with van der Waals surface area (Å²) in [6, 6.07) is 10.6. The van der Waals surface area contributed by atoms with Gasteiger partial charge in [-0.3, -0.25) is 4.79 Å². The molecule has 1 saturated carbocycles. The average molecular weight is 434 g/mol. The van der Waals surface area contributed by atoms with Crippen molar-refractivity contribution < 1.29 is 9.59 Å². The van der Waals surface area contributed by atoms with Crippen LogP contribution in [0.15, 0.2) is 36.4 Å². The summed E-state index contributed by atoms with van der Waals surface area (Å²) in [7, 11) is 0. The molecule has 1 aliphatic carbocycles. The minimum absolute atomic E-state index is 0.0255. The smallest absolute Gasteiger partial charge is 0.322 e. The molecule has 0 bridgehead atoms. The average Bonchev–Trinajstić information content (AvgIpc) is 3.50. The highest BCUT2D eigenvalue weighted by Crippen LogP contribution is 2.31. The fraction of sp³-hybridized carbons (Fsp3) is 0.364. The molecule has 0 spiro atoms. The lowest BCUT2D eigenvalue weighted by atomic mass is 10.1. The fourth-order valence-electron chi connectivity index (χ4n) is 2.93. The van der Waals surface area contributed by atoms with E-state index in [-0.39, 0.29) is 23.9 Å². The number of carbonyl (C=O) groups is 2. The Hall–Kier alpha value is -2.24. The van der Waals surface area contributed by atoms with Gasteiger partial charge in [0.2, 0.25) is 5.91 Å². The Labute approximate surface area is 181 Å². The second-order valence-corrected chi connectivity index (χ2v) is 8.51. The van der Waals surface area contributed by atoms with Gasteiger partial charge in [-0.05, 0) is 69.0 Å². The Morgan fingerprint density at radius 2 is 1.79 bits per heavy atom. The highest BCUT2D eigenvalue weighted by Gasteiger charge is 2.29. The van der Waals surface area contributed by atoms with Crippen molar-refractivity contribution in [2.75, 3.05) is 10.6 Å². The number of carbonyl (C=O) groups excluding carboxylic acids is 2. The van der Waals surface area contributed by atoms with Gasteiger partial charge in [0.15, 0.2) is 0 Å². The number of amides is 3. The van der Waals surface area contributed by atoms with Gasteiger partial charge in [0.25, 0.3) is 0 Å². The molecule has 3 amide bonds. The standard InChI is InChI=1S/C22H25Cl2N3O2/c1-13(2)27(12-15-5-9-18(23)19(24)10-15)22(29)26-20-11-17(8-4-14(20)3)25-21(28)16-6-7-16/h4-5,8-11,13,16H,6-7,12H2,1-3H3,(H,25,28)(H,26,29). The highest BCUT2D eigenvalue weighted by atomic mass is 35.5. The zero-order valence-electron chi connectivity index (χ0n) is 16.8. The topological polar surface area (TPSA) is 61.4 Å². The van der Waals surface area contributed by atoms with Crippen LogP contribution in [-0.2, 0) is 11.3 Å². The monoisotopic (exact) mass is 433 g/mol. The Morgan fingerprint density at radius 3 is 2.41 bits per heavy atom. The lowest BCUT2D eigenvalue weighted by Crippen LogP contribution is -2.39. The third kappa shape index (κ3) is 5.64. The third-order valence-corrected chi connectivity index (χ3v) is 5.66. The van der Waals surface area contributed by atoms with E-state index in [4.69, 9.17) is 23.2 Å². The maximum absolute atomic E-state index is 13.0. The summed E-state index contributed by atoms with van der Waals surface area (Å²) >= 11 is 12.1. The molecule has 2 N–H and O–H groups in total. The molecule has 154 valence electrons. The molecule has 5 nitrogen and oxygen atoms in total. The van der Waals surface area contributed by atoms with Gasteiger partial charge in [-0.25, -0.2) is 4.79 Å². The van der Waals surface area contributed by atoms with Crippen molar-refractivity contribution in [3.05, 3.63) is 57.6 Å². The number of urea groups is 1. The van der Waals surface area contributed by atoms with E-state index in [9.17, 15) is 9.59 Å². The number of hydrogen-bond donors (Lipinski definition) is 2. The van der Waals surface area contributed by atoms with Crippen LogP contribution in [0.25, 0.3) is 0 Å². The number of halogens is 2. The zero-order chi connectivity index (χ0) is 21.1. The Bertz CT molecular complexity index is 926. The van der Waals surface area contributed by atoms with Gasteiger partial charge in [0.1, 0.15) is 0 Å². The van der Waals surface area contributed by atoms with Crippen molar-refractivity contribution in [2.24, 2.45) is 5.92 Å². The second-order valence-electron chi connectivity index (χ2n) is 7.69. The van der Waals surface area contributed by atoms with E-state index in [0.29, 0.717) is 28.0 Å². The van der Waals surface area contributed by atoms with Crippen molar-refractivity contribution in [1.29, 1.82) is 0 Å². The first-order valence-electron chi connectivity index (χ1n) is 9.67. The van der Waals surface area contributed by atoms with Crippen LogP contribution >= 0.6 is 23.2 Å². The Balaban J connectivity index is 1.73. The van der Waals surface area contributed by atoms with Crippen molar-refractivity contribution in [3.8, 4) is 0 Å². The number of nitrogens with zero attached hydrogens (tertiary/aromatic N) is 1. The summed E-state index contributed by atoms with van der Waals surface area (Å²) in [6.07, 6.45) is 1.89. The SMILES string of the molecule is Cc1ccc(NC(=O)C2CC2)cc1NC(=O)N(Cc1ccc(Cl)c(Cl)c1)C(C)C. The lowest BCUT2D eigenvalue weighted by Gasteiger charge is -2.27. The van der Waals surface area contributed by atoms with Gasteiger partial charge >= 0.3 is 6.03 Å². The summed E-state index contributed by atoms with van der Waals surface area (Å²) in [5, 5.41) is 6.83. The number of rotatable bonds is 6. The van der Waals surface area contributed by atoms with Crippen molar-refractivity contribution in [1.82, 2.24) is 4.90 Å². The van der Waals surface area contributed by atoms with E-state index in [2.05, 4.69) is 10.6 Å². The highest BCUT2D eigenvalue weighted by molar-refractivity contribution is 6.42. The molecule has 1 fully saturated rings. The van der Waals surface area contributed by atoms with Gasteiger partial charge in [-0.15, -0.1) is 0 Å². The second kappa shape index (κ2) is 9.06. The molecule has 0 aromatic heterocycles. The Morgan fingerprint density at radius 1 is 1.07 bits per heavy atom. The molecular weight excluding hydrogens is 409 g/mol. The van der Waals surface area contributed by atoms with Crippen LogP contribution in [0.3, 0.4) is 0 Å². The molecule has 1 aliphatic rings. The molecule has 0 heterocycles. The third-order valence-electron chi connectivity index (χ3n) is 4.92. The lowest BCUT2D eigenvalue weighted by molar-refractivity contribution is -0.117. The minimum Gasteiger partial charge on any atom is -0.326 e. The van der Waals surface area contributed by atoms with E-state index >= 15 is 0 Å². The molecule has 0 atom stereocenters. The predicted octanol–water partition coefficient (Wildman–Crippen LogP) is 6.09. The number of hydrogen-bond acceptors (Lipinski definition) is 2. The maximum atomic E-state index is 13.0. The van der Waals surface area contributed by atoms with Crippen molar-refractivity contribution in [2.45, 2.75) is 46.2 Å². The van der Waals surface area contributed by atoms with Gasteiger partial charge in [-0.1, -0.05) is 35.3 Å². The molecule has 2 aromatic carbocycles. The van der Waals surface area contributed by atoms with Gasteiger partial charge < -0.3 is 15.5 Å². The van der Waals surface area contributed by atoms with Crippen molar-refractivity contribution >= 4 is 46.5 Å². The predicted molar refractivity (Wildman–Crippen MR) is 119 cm³/mol. The van der Waals surface area contributed by atoms with Crippen molar-refractivity contribution in [3.63, 3.8) is 0 Å². The number of anilines is 2. The van der Waals surface area contributed by atoms with E-state index in [1.54, 1.807) is 23.1 Å². The summed E-state index contributed by atoms with van der Waals surface area (Å²) in [5.74, 6) is 0.159. The van der Waals surface area contributed by atoms with Crippen LogP contribution < -0.4 is 10.6 Å². The molecule has 0 radical (unpaired) electrons. The number of aryl methyl sites for hydroxylation is 1. The normalized spacial score (nSPS) is 13.3. The van der Waals surface area contributed by atoms with E-state index in [1.165, 1.54) is 0 Å². The van der Waals surface area contributed by atoms with Crippen LogP contribution in [0.2, 0.25) is 10.0 Å². The molecule has 3 rings (SSSR count). The first kappa shape index (κ1) is 21.5. The van der Waals surface area contributed by atoms with Crippen LogP contribution in [0.5, 0.6) is 0 Å². The zero-order valence-corrected chi connectivity index (χ0v) is 18.3.